The summed E-state index contributed by atoms with van der Waals surface area (Å²) in [7, 11) is 0. The third-order valence-corrected chi connectivity index (χ3v) is 7.25. The fourth-order valence-electron chi connectivity index (χ4n) is 4.91. The molecule has 1 saturated carbocycles. The average Bonchev–Trinajstić information content (AvgIpc) is 3.68. The summed E-state index contributed by atoms with van der Waals surface area (Å²) in [5.41, 5.74) is 5.59. The van der Waals surface area contributed by atoms with Crippen LogP contribution in [-0.2, 0) is 0 Å². The fraction of sp³-hybridized carbons (Fsp3) is 0.346. The Morgan fingerprint density at radius 2 is 1.85 bits per heavy atom. The Kier molecular flexibility index (Phi) is 5.59. The van der Waals surface area contributed by atoms with Gasteiger partial charge in [0.2, 0.25) is 0 Å². The van der Waals surface area contributed by atoms with Gasteiger partial charge in [-0.15, -0.1) is 0 Å². The molecule has 4 aliphatic rings. The molecule has 1 amide bonds. The van der Waals surface area contributed by atoms with Gasteiger partial charge in [-0.3, -0.25) is 9.69 Å². The highest BCUT2D eigenvalue weighted by atomic mass is 35.5. The number of benzene rings is 1. The third kappa shape index (κ3) is 4.21. The molecule has 1 aliphatic carbocycles. The van der Waals surface area contributed by atoms with Gasteiger partial charge in [-0.05, 0) is 54.2 Å². The van der Waals surface area contributed by atoms with Crippen LogP contribution in [0.3, 0.4) is 0 Å². The molecule has 1 aromatic heterocycles. The predicted molar refractivity (Wildman–Crippen MR) is 131 cm³/mol. The van der Waals surface area contributed by atoms with Crippen molar-refractivity contribution in [3.63, 3.8) is 0 Å². The Hall–Kier alpha value is -3.16. The maximum Gasteiger partial charge on any atom is 0.255 e. The monoisotopic (exact) mass is 474 g/mol. The number of amides is 1. The summed E-state index contributed by atoms with van der Waals surface area (Å²) in [6, 6.07) is 9.78. The van der Waals surface area contributed by atoms with Gasteiger partial charge in [0.15, 0.2) is 0 Å². The number of nitrogens with one attached hydrogen (secondary N) is 1. The first-order valence-electron chi connectivity index (χ1n) is 11.9. The van der Waals surface area contributed by atoms with Crippen molar-refractivity contribution in [3.05, 3.63) is 88.5 Å². The Morgan fingerprint density at radius 3 is 2.56 bits per heavy atom. The summed E-state index contributed by atoms with van der Waals surface area (Å²) in [6.45, 7) is 3.88. The summed E-state index contributed by atoms with van der Waals surface area (Å²) >= 11 is 6.16. The van der Waals surface area contributed by atoms with Crippen molar-refractivity contribution in [1.29, 1.82) is 0 Å². The number of piperazine rings is 1. The summed E-state index contributed by atoms with van der Waals surface area (Å²) in [6.07, 6.45) is 12.7. The van der Waals surface area contributed by atoms with E-state index in [0.29, 0.717) is 24.6 Å². The van der Waals surface area contributed by atoms with E-state index in [-0.39, 0.29) is 12.1 Å². The molecule has 8 heteroatoms. The summed E-state index contributed by atoms with van der Waals surface area (Å²) in [5, 5.41) is 12.1. The number of fused-ring (bicyclic) bond motifs is 1. The number of hydrogen-bond donors (Lipinski definition) is 1. The van der Waals surface area contributed by atoms with Crippen LogP contribution < -0.4 is 5.32 Å². The lowest BCUT2D eigenvalue weighted by Gasteiger charge is -2.36. The quantitative estimate of drug-likeness (QED) is 0.717. The van der Waals surface area contributed by atoms with Crippen LogP contribution in [0.15, 0.2) is 72.3 Å². The minimum Gasteiger partial charge on any atom is -0.360 e. The first-order chi connectivity index (χ1) is 16.7. The molecule has 1 unspecified atom stereocenters. The lowest BCUT2D eigenvalue weighted by molar-refractivity contribution is 0.0641. The minimum absolute atomic E-state index is 0.0244. The van der Waals surface area contributed by atoms with Crippen LogP contribution >= 0.6 is 11.6 Å². The highest BCUT2D eigenvalue weighted by Crippen LogP contribution is 2.41. The molecule has 6 rings (SSSR count). The van der Waals surface area contributed by atoms with Gasteiger partial charge in [-0.2, -0.15) is 10.2 Å². The highest BCUT2D eigenvalue weighted by molar-refractivity contribution is 6.30. The largest absolute Gasteiger partial charge is 0.360 e. The number of aromatic nitrogens is 2. The van der Waals surface area contributed by atoms with Gasteiger partial charge in [-0.1, -0.05) is 29.8 Å². The van der Waals surface area contributed by atoms with E-state index in [9.17, 15) is 4.79 Å². The van der Waals surface area contributed by atoms with Crippen LogP contribution in [0.1, 0.15) is 28.8 Å². The van der Waals surface area contributed by atoms with E-state index in [4.69, 9.17) is 11.6 Å². The Bertz CT molecular complexity index is 1160. The lowest BCUT2D eigenvalue weighted by atomic mass is 10.1. The molecule has 1 aromatic carbocycles. The minimum atomic E-state index is 0.0244. The zero-order valence-corrected chi connectivity index (χ0v) is 19.7. The molecule has 34 heavy (non-hydrogen) atoms. The molecule has 174 valence electrons. The summed E-state index contributed by atoms with van der Waals surface area (Å²) < 4.78 is 0. The number of carbonyl (C=O) groups excluding carboxylic acids is 1. The van der Waals surface area contributed by atoms with Crippen LogP contribution in [0.25, 0.3) is 5.70 Å². The van der Waals surface area contributed by atoms with Crippen molar-refractivity contribution in [1.82, 2.24) is 30.2 Å². The van der Waals surface area contributed by atoms with Gasteiger partial charge in [0.1, 0.15) is 6.17 Å². The molecular formula is C26H27ClN6O. The average molecular weight is 475 g/mol. The zero-order valence-electron chi connectivity index (χ0n) is 18.9. The van der Waals surface area contributed by atoms with Gasteiger partial charge in [-0.25, -0.2) is 0 Å². The number of carbonyl (C=O) groups is 1. The van der Waals surface area contributed by atoms with Gasteiger partial charge in [0.05, 0.1) is 29.4 Å². The number of hydrogen-bond acceptors (Lipinski definition) is 6. The van der Waals surface area contributed by atoms with E-state index in [2.05, 4.69) is 55.8 Å². The van der Waals surface area contributed by atoms with Crippen molar-refractivity contribution in [2.45, 2.75) is 19.0 Å². The van der Waals surface area contributed by atoms with Gasteiger partial charge < -0.3 is 15.1 Å². The molecule has 0 spiro atoms. The van der Waals surface area contributed by atoms with Crippen LogP contribution in [0, 0.1) is 5.92 Å². The molecule has 0 radical (unpaired) electrons. The highest BCUT2D eigenvalue weighted by Gasteiger charge is 2.35. The standard InChI is InChI=1S/C26H27ClN6O/c27-22-6-3-19(4-7-22)25-23(33-16-21(18-1-2-18)5-8-24(33)30-25)17-31-11-13-32(14-12-31)26(34)20-9-10-28-29-15-20/h3-10,15-16,18,24,30H,1-2,11-14,17H2. The van der Waals surface area contributed by atoms with E-state index in [0.717, 1.165) is 35.9 Å². The van der Waals surface area contributed by atoms with Crippen molar-refractivity contribution < 1.29 is 4.79 Å². The molecule has 1 saturated heterocycles. The van der Waals surface area contributed by atoms with Crippen LogP contribution in [-0.4, -0.2) is 69.7 Å². The lowest BCUT2D eigenvalue weighted by Crippen LogP contribution is -2.49. The van der Waals surface area contributed by atoms with Gasteiger partial charge in [0.25, 0.3) is 5.91 Å². The molecule has 2 fully saturated rings. The van der Waals surface area contributed by atoms with Crippen molar-refractivity contribution in [2.24, 2.45) is 5.92 Å². The van der Waals surface area contributed by atoms with Crippen molar-refractivity contribution in [2.75, 3.05) is 32.7 Å². The van der Waals surface area contributed by atoms with E-state index in [1.54, 1.807) is 12.3 Å². The molecular weight excluding hydrogens is 448 g/mol. The summed E-state index contributed by atoms with van der Waals surface area (Å²) in [5.74, 6) is 0.728. The normalized spacial score (nSPS) is 22.5. The molecule has 0 bridgehead atoms. The third-order valence-electron chi connectivity index (χ3n) is 7.00. The van der Waals surface area contributed by atoms with Crippen molar-refractivity contribution >= 4 is 23.2 Å². The zero-order chi connectivity index (χ0) is 23.1. The molecule has 2 aromatic rings. The molecule has 3 aliphatic heterocycles. The fourth-order valence-corrected chi connectivity index (χ4v) is 5.03. The first-order valence-corrected chi connectivity index (χ1v) is 12.3. The number of rotatable bonds is 5. The smallest absolute Gasteiger partial charge is 0.255 e. The maximum absolute atomic E-state index is 12.8. The Morgan fingerprint density at radius 1 is 1.06 bits per heavy atom. The Labute approximate surface area is 204 Å². The molecule has 1 atom stereocenters. The first kappa shape index (κ1) is 21.4. The van der Waals surface area contributed by atoms with E-state index >= 15 is 0 Å². The number of halogens is 1. The maximum atomic E-state index is 12.8. The number of nitrogens with zero attached hydrogens (tertiary/aromatic N) is 5. The van der Waals surface area contributed by atoms with Crippen LogP contribution in [0.4, 0.5) is 0 Å². The molecule has 4 heterocycles. The Balaban J connectivity index is 1.21. The van der Waals surface area contributed by atoms with E-state index in [1.807, 2.05) is 17.0 Å². The molecule has 1 N–H and O–H groups in total. The number of allylic oxidation sites excluding steroid dienone is 2. The second-order valence-electron chi connectivity index (χ2n) is 9.29. The topological polar surface area (TPSA) is 64.6 Å². The van der Waals surface area contributed by atoms with E-state index in [1.165, 1.54) is 30.3 Å². The second-order valence-corrected chi connectivity index (χ2v) is 9.72. The van der Waals surface area contributed by atoms with Gasteiger partial charge >= 0.3 is 0 Å². The van der Waals surface area contributed by atoms with Crippen LogP contribution in [0.2, 0.25) is 5.02 Å². The molecule has 7 nitrogen and oxygen atoms in total. The van der Waals surface area contributed by atoms with E-state index < -0.39 is 0 Å². The predicted octanol–water partition coefficient (Wildman–Crippen LogP) is 3.35. The van der Waals surface area contributed by atoms with Crippen LogP contribution in [0.5, 0.6) is 0 Å². The van der Waals surface area contributed by atoms with Crippen molar-refractivity contribution in [3.8, 4) is 0 Å². The van der Waals surface area contributed by atoms with Gasteiger partial charge in [0, 0.05) is 43.9 Å². The summed E-state index contributed by atoms with van der Waals surface area (Å²) in [4.78, 5) is 19.5. The SMILES string of the molecule is O=C(c1ccnnc1)N1CCN(CC2=C(c3ccc(Cl)cc3)NC3C=CC(C4CC4)=CN23)CC1. The second kappa shape index (κ2) is 8.89.